The fourth-order valence-electron chi connectivity index (χ4n) is 7.17. The lowest BCUT2D eigenvalue weighted by Crippen LogP contribution is -2.28. The summed E-state index contributed by atoms with van der Waals surface area (Å²) in [4.78, 5) is 26.2. The topological polar surface area (TPSA) is 52.6 Å². The monoisotopic (exact) mass is 738 g/mol. The molecule has 8 aromatic carbocycles. The Bertz CT molecular complexity index is 2530. The molecule has 0 unspecified atom stereocenters. The first-order chi connectivity index (χ1) is 26.5. The Morgan fingerprint density at radius 3 is 1.30 bits per heavy atom. The number of fused-ring (bicyclic) bond motifs is 2. The van der Waals surface area contributed by atoms with E-state index in [1.807, 2.05) is 54.6 Å². The molecule has 54 heavy (non-hydrogen) atoms. The van der Waals surface area contributed by atoms with E-state index in [9.17, 15) is 9.59 Å². The smallest absolute Gasteiger partial charge is 0.308 e. The molecule has 8 rings (SSSR count). The van der Waals surface area contributed by atoms with Gasteiger partial charge in [0, 0.05) is 30.1 Å². The molecule has 4 nitrogen and oxygen atoms in total. The molecule has 8 aromatic rings. The van der Waals surface area contributed by atoms with E-state index in [1.54, 1.807) is 0 Å². The first-order valence-electron chi connectivity index (χ1n) is 17.8. The molecule has 0 radical (unpaired) electrons. The van der Waals surface area contributed by atoms with Crippen LogP contribution in [0.15, 0.2) is 182 Å². The van der Waals surface area contributed by atoms with Crippen molar-refractivity contribution in [2.24, 2.45) is 0 Å². The molecule has 0 saturated heterocycles. The Balaban J connectivity index is 1.63. The van der Waals surface area contributed by atoms with Crippen LogP contribution in [0.4, 0.5) is 0 Å². The van der Waals surface area contributed by atoms with Crippen LogP contribution in [0.5, 0.6) is 11.5 Å². The van der Waals surface area contributed by atoms with Gasteiger partial charge in [-0.2, -0.15) is 0 Å². The molecule has 0 N–H and O–H groups in total. The van der Waals surface area contributed by atoms with Crippen LogP contribution in [0.2, 0.25) is 0 Å². The maximum absolute atomic E-state index is 13.3. The van der Waals surface area contributed by atoms with Gasteiger partial charge in [-0.05, 0) is 64.1 Å². The summed E-state index contributed by atoms with van der Waals surface area (Å²) in [5.41, 5.74) is 2.00. The Kier molecular flexibility index (Phi) is 10.1. The SMILES string of the molecule is CC(=O)Oc1c(P(c2ccccc2)c2ccccc2)c(-c2c(P(c3ccccc3)c3ccccc3)ccc3ccccc23)c2ccccc2c1OC(C)=O. The summed E-state index contributed by atoms with van der Waals surface area (Å²) in [5, 5.41) is 10.3. The third-order valence-corrected chi connectivity index (χ3v) is 14.3. The van der Waals surface area contributed by atoms with Crippen molar-refractivity contribution < 1.29 is 19.1 Å². The molecule has 262 valence electrons. The van der Waals surface area contributed by atoms with Crippen molar-refractivity contribution in [1.29, 1.82) is 0 Å². The van der Waals surface area contributed by atoms with Gasteiger partial charge in [0.05, 0.1) is 0 Å². The molecular weight excluding hydrogens is 702 g/mol. The maximum Gasteiger partial charge on any atom is 0.308 e. The highest BCUT2D eigenvalue weighted by molar-refractivity contribution is 7.81. The van der Waals surface area contributed by atoms with Gasteiger partial charge < -0.3 is 9.47 Å². The van der Waals surface area contributed by atoms with Crippen molar-refractivity contribution in [3.05, 3.63) is 182 Å². The minimum absolute atomic E-state index is 0.238. The van der Waals surface area contributed by atoms with Gasteiger partial charge in [-0.25, -0.2) is 0 Å². The molecule has 0 bridgehead atoms. The number of ether oxygens (including phenoxy) is 2. The number of hydrogen-bond acceptors (Lipinski definition) is 4. The number of esters is 2. The summed E-state index contributed by atoms with van der Waals surface area (Å²) >= 11 is 0. The molecule has 0 aliphatic heterocycles. The normalized spacial score (nSPS) is 11.3. The first kappa shape index (κ1) is 35.1. The van der Waals surface area contributed by atoms with Crippen LogP contribution in [-0.2, 0) is 9.59 Å². The van der Waals surface area contributed by atoms with Gasteiger partial charge in [0.2, 0.25) is 0 Å². The second kappa shape index (κ2) is 15.6. The minimum Gasteiger partial charge on any atom is -0.422 e. The van der Waals surface area contributed by atoms with Crippen molar-refractivity contribution in [3.8, 4) is 22.6 Å². The van der Waals surface area contributed by atoms with Crippen LogP contribution in [0.1, 0.15) is 13.8 Å². The van der Waals surface area contributed by atoms with E-state index in [0.717, 1.165) is 48.5 Å². The van der Waals surface area contributed by atoms with Crippen molar-refractivity contribution >= 4 is 81.2 Å². The highest BCUT2D eigenvalue weighted by atomic mass is 31.1. The predicted molar refractivity (Wildman–Crippen MR) is 227 cm³/mol. The summed E-state index contributed by atoms with van der Waals surface area (Å²) < 4.78 is 12.5. The molecule has 0 fully saturated rings. The standard InChI is InChI=1S/C48H36O4P2/c1-33(49)51-46-42-30-18-17-29-41(42)45(48(47(46)52-34(2)50)54(38-24-11-5-12-25-38)39-26-13-6-14-27-39)44-40-28-16-15-19-35(40)31-32-43(44)53(36-20-7-3-8-21-36)37-22-9-4-10-23-37/h3-32H,1-2H3. The number of carbonyl (C=O) groups is 2. The van der Waals surface area contributed by atoms with Gasteiger partial charge >= 0.3 is 11.9 Å². The summed E-state index contributed by atoms with van der Waals surface area (Å²) in [6.07, 6.45) is 0. The van der Waals surface area contributed by atoms with E-state index in [2.05, 4.69) is 127 Å². The zero-order chi connectivity index (χ0) is 37.0. The molecular formula is C48H36O4P2. The van der Waals surface area contributed by atoms with Gasteiger partial charge in [-0.3, -0.25) is 9.59 Å². The zero-order valence-electron chi connectivity index (χ0n) is 29.8. The number of rotatable bonds is 9. The van der Waals surface area contributed by atoms with E-state index in [0.29, 0.717) is 5.39 Å². The van der Waals surface area contributed by atoms with Crippen LogP contribution in [0.3, 0.4) is 0 Å². The quantitative estimate of drug-likeness (QED) is 0.0843. The van der Waals surface area contributed by atoms with E-state index in [1.165, 1.54) is 24.5 Å². The van der Waals surface area contributed by atoms with Gasteiger partial charge in [-0.15, -0.1) is 0 Å². The van der Waals surface area contributed by atoms with Gasteiger partial charge in [0.1, 0.15) is 0 Å². The summed E-state index contributed by atoms with van der Waals surface area (Å²) in [5.74, 6) is -0.510. The zero-order valence-corrected chi connectivity index (χ0v) is 31.6. The van der Waals surface area contributed by atoms with Crippen LogP contribution in [-0.4, -0.2) is 11.9 Å². The van der Waals surface area contributed by atoms with E-state index < -0.39 is 27.8 Å². The van der Waals surface area contributed by atoms with E-state index in [-0.39, 0.29) is 11.5 Å². The van der Waals surface area contributed by atoms with Crippen LogP contribution < -0.4 is 41.3 Å². The van der Waals surface area contributed by atoms with Crippen molar-refractivity contribution in [2.75, 3.05) is 0 Å². The van der Waals surface area contributed by atoms with Gasteiger partial charge in [0.25, 0.3) is 0 Å². The fourth-order valence-corrected chi connectivity index (χ4v) is 12.2. The summed E-state index contributed by atoms with van der Waals surface area (Å²) in [7, 11) is -2.51. The largest absolute Gasteiger partial charge is 0.422 e. The number of carbonyl (C=O) groups excluding carboxylic acids is 2. The molecule has 0 spiro atoms. The maximum atomic E-state index is 13.3. The van der Waals surface area contributed by atoms with Crippen molar-refractivity contribution in [2.45, 2.75) is 13.8 Å². The summed E-state index contributed by atoms with van der Waals surface area (Å²) in [6.45, 7) is 2.78. The first-order valence-corrected chi connectivity index (χ1v) is 20.5. The second-order valence-corrected chi connectivity index (χ2v) is 17.1. The van der Waals surface area contributed by atoms with Gasteiger partial charge in [-0.1, -0.05) is 182 Å². The molecule has 0 aromatic heterocycles. The van der Waals surface area contributed by atoms with Gasteiger partial charge in [0.15, 0.2) is 11.5 Å². The number of hydrogen-bond donors (Lipinski definition) is 0. The lowest BCUT2D eigenvalue weighted by atomic mass is 9.92. The molecule has 6 heteroatoms. The average molecular weight is 739 g/mol. The molecule has 0 aliphatic carbocycles. The van der Waals surface area contributed by atoms with Crippen LogP contribution in [0, 0.1) is 0 Å². The highest BCUT2D eigenvalue weighted by Gasteiger charge is 2.34. The Hall–Kier alpha value is -5.92. The van der Waals surface area contributed by atoms with Crippen molar-refractivity contribution in [3.63, 3.8) is 0 Å². The Morgan fingerprint density at radius 2 is 0.796 bits per heavy atom. The third kappa shape index (κ3) is 6.83. The lowest BCUT2D eigenvalue weighted by Gasteiger charge is -2.30. The minimum atomic E-state index is -1.41. The predicted octanol–water partition coefficient (Wildman–Crippen LogP) is 9.03. The van der Waals surface area contributed by atoms with Crippen LogP contribution >= 0.6 is 15.8 Å². The summed E-state index contributed by atoms with van der Waals surface area (Å²) in [6, 6.07) is 63.1. The average Bonchev–Trinajstić information content (AvgIpc) is 3.21. The Morgan fingerprint density at radius 1 is 0.389 bits per heavy atom. The third-order valence-electron chi connectivity index (χ3n) is 9.27. The molecule has 0 aliphatic rings. The molecule has 0 heterocycles. The molecule has 0 saturated carbocycles. The second-order valence-electron chi connectivity index (χ2n) is 12.8. The number of benzene rings is 8. The highest BCUT2D eigenvalue weighted by Crippen LogP contribution is 2.51. The lowest BCUT2D eigenvalue weighted by molar-refractivity contribution is -0.134. The van der Waals surface area contributed by atoms with Crippen molar-refractivity contribution in [1.82, 2.24) is 0 Å². The fraction of sp³-hybridized carbons (Fsp3) is 0.0417. The van der Waals surface area contributed by atoms with E-state index in [4.69, 9.17) is 9.47 Å². The molecule has 0 amide bonds. The van der Waals surface area contributed by atoms with E-state index >= 15 is 0 Å². The van der Waals surface area contributed by atoms with Crippen LogP contribution in [0.25, 0.3) is 32.7 Å². The Labute approximate surface area is 317 Å². The molecule has 0 atom stereocenters.